The molecule has 4 unspecified atom stereocenters. The molecule has 0 aromatic heterocycles. The van der Waals surface area contributed by atoms with E-state index in [0.29, 0.717) is 28.7 Å². The first kappa shape index (κ1) is 27.3. The van der Waals surface area contributed by atoms with Crippen LogP contribution >= 0.6 is 23.2 Å². The van der Waals surface area contributed by atoms with Gasteiger partial charge in [0.1, 0.15) is 11.5 Å². The first-order chi connectivity index (χ1) is 17.8. The van der Waals surface area contributed by atoms with E-state index in [-0.39, 0.29) is 18.8 Å². The predicted molar refractivity (Wildman–Crippen MR) is 145 cm³/mol. The van der Waals surface area contributed by atoms with Gasteiger partial charge in [0.15, 0.2) is 5.78 Å². The van der Waals surface area contributed by atoms with Gasteiger partial charge in [0, 0.05) is 6.54 Å². The zero-order valence-corrected chi connectivity index (χ0v) is 22.0. The number of ether oxygens (including phenoxy) is 1. The molecule has 4 atom stereocenters. The molecule has 194 valence electrons. The third kappa shape index (κ3) is 6.06. The maximum atomic E-state index is 14.0. The molecule has 0 bridgehead atoms. The van der Waals surface area contributed by atoms with Crippen molar-refractivity contribution in [1.82, 2.24) is 10.6 Å². The number of hydrogen-bond donors (Lipinski definition) is 3. The molecule has 0 spiro atoms. The van der Waals surface area contributed by atoms with Crippen LogP contribution in [0.25, 0.3) is 0 Å². The lowest BCUT2D eigenvalue weighted by Gasteiger charge is -2.46. The van der Waals surface area contributed by atoms with Crippen molar-refractivity contribution >= 4 is 35.0 Å². The normalized spacial score (nSPS) is 22.4. The monoisotopic (exact) mass is 540 g/mol. The summed E-state index contributed by atoms with van der Waals surface area (Å²) >= 11 is 12.1. The number of carbonyl (C=O) groups is 2. The second-order valence-corrected chi connectivity index (χ2v) is 10.1. The van der Waals surface area contributed by atoms with Crippen molar-refractivity contribution < 1.29 is 19.4 Å². The van der Waals surface area contributed by atoms with E-state index in [9.17, 15) is 14.7 Å². The molecule has 8 heteroatoms. The molecule has 1 heterocycles. The van der Waals surface area contributed by atoms with Crippen LogP contribution in [-0.2, 0) is 32.9 Å². The van der Waals surface area contributed by atoms with Crippen LogP contribution in [0.4, 0.5) is 0 Å². The van der Waals surface area contributed by atoms with Crippen LogP contribution in [0.3, 0.4) is 0 Å². The number of Topliss-reactive ketones (excluding diaryl/α,β-unsaturated/α-hetero) is 1. The predicted octanol–water partition coefficient (Wildman–Crippen LogP) is 5.22. The van der Waals surface area contributed by atoms with Crippen LogP contribution in [-0.4, -0.2) is 35.7 Å². The summed E-state index contributed by atoms with van der Waals surface area (Å²) in [5.74, 6) is -2.24. The molecule has 4 rings (SSSR count). The highest BCUT2D eigenvalue weighted by atomic mass is 35.5. The van der Waals surface area contributed by atoms with Crippen molar-refractivity contribution in [1.29, 1.82) is 0 Å². The molecule has 0 saturated carbocycles. The second kappa shape index (κ2) is 12.2. The molecule has 3 aromatic rings. The van der Waals surface area contributed by atoms with E-state index >= 15 is 0 Å². The maximum absolute atomic E-state index is 14.0. The second-order valence-electron chi connectivity index (χ2n) is 9.27. The number of halogens is 2. The average Bonchev–Trinajstić information content (AvgIpc) is 2.92. The maximum Gasteiger partial charge on any atom is 0.315 e. The van der Waals surface area contributed by atoms with E-state index in [1.54, 1.807) is 49.4 Å². The van der Waals surface area contributed by atoms with E-state index < -0.39 is 29.6 Å². The average molecular weight is 541 g/mol. The van der Waals surface area contributed by atoms with Crippen LogP contribution in [0.5, 0.6) is 0 Å². The van der Waals surface area contributed by atoms with Crippen LogP contribution < -0.4 is 10.6 Å². The van der Waals surface area contributed by atoms with Crippen molar-refractivity contribution in [2.24, 2.45) is 5.92 Å². The fourth-order valence-electron chi connectivity index (χ4n) is 5.01. The standard InChI is InChI=1S/C29H30Cl2N2O4/c1-19(37-18-21-12-13-23(30)24(31)16-21)26(34)25-27(33-17-20-8-4-2-5-9-20)32-15-14-29(25,28(35)36)22-10-6-3-7-11-22/h2-13,16,19,25,27,32-33H,14-15,17-18H2,1H3,(H,35,36). The minimum atomic E-state index is -1.42. The Bertz CT molecular complexity index is 1230. The van der Waals surface area contributed by atoms with E-state index in [2.05, 4.69) is 10.6 Å². The van der Waals surface area contributed by atoms with Crippen molar-refractivity contribution in [2.75, 3.05) is 6.54 Å². The Morgan fingerprint density at radius 1 is 1.03 bits per heavy atom. The van der Waals surface area contributed by atoms with E-state index in [4.69, 9.17) is 27.9 Å². The van der Waals surface area contributed by atoms with Gasteiger partial charge in [-0.1, -0.05) is 89.9 Å². The molecule has 1 aliphatic heterocycles. The molecule has 6 nitrogen and oxygen atoms in total. The number of ketones is 1. The molecule has 0 amide bonds. The van der Waals surface area contributed by atoms with Crippen LogP contribution in [0.2, 0.25) is 10.0 Å². The Morgan fingerprint density at radius 3 is 2.35 bits per heavy atom. The van der Waals surface area contributed by atoms with Crippen LogP contribution in [0.15, 0.2) is 78.9 Å². The van der Waals surface area contributed by atoms with Crippen LogP contribution in [0.1, 0.15) is 30.0 Å². The molecule has 3 N–H and O–H groups in total. The zero-order valence-electron chi connectivity index (χ0n) is 20.5. The molecule has 1 aliphatic rings. The van der Waals surface area contributed by atoms with Gasteiger partial charge in [0.25, 0.3) is 0 Å². The number of piperidine rings is 1. The van der Waals surface area contributed by atoms with Gasteiger partial charge in [-0.25, -0.2) is 0 Å². The number of hydrogen-bond acceptors (Lipinski definition) is 5. The van der Waals surface area contributed by atoms with E-state index in [1.807, 2.05) is 36.4 Å². The lowest BCUT2D eigenvalue weighted by Crippen LogP contribution is -2.66. The van der Waals surface area contributed by atoms with Crippen molar-refractivity contribution in [2.45, 2.75) is 44.2 Å². The highest BCUT2D eigenvalue weighted by Crippen LogP contribution is 2.41. The summed E-state index contributed by atoms with van der Waals surface area (Å²) < 4.78 is 5.96. The summed E-state index contributed by atoms with van der Waals surface area (Å²) in [4.78, 5) is 27.0. The fourth-order valence-corrected chi connectivity index (χ4v) is 5.33. The number of rotatable bonds is 10. The van der Waals surface area contributed by atoms with E-state index in [1.165, 1.54) is 0 Å². The minimum Gasteiger partial charge on any atom is -0.481 e. The van der Waals surface area contributed by atoms with Gasteiger partial charge in [-0.05, 0) is 48.7 Å². The van der Waals surface area contributed by atoms with Crippen LogP contribution in [0, 0.1) is 5.92 Å². The fraction of sp³-hybridized carbons (Fsp3) is 0.310. The highest BCUT2D eigenvalue weighted by molar-refractivity contribution is 6.42. The van der Waals surface area contributed by atoms with Crippen molar-refractivity contribution in [3.63, 3.8) is 0 Å². The lowest BCUT2D eigenvalue weighted by molar-refractivity contribution is -0.156. The molecule has 1 saturated heterocycles. The molecular formula is C29H30Cl2N2O4. The molecule has 1 fully saturated rings. The van der Waals surface area contributed by atoms with Gasteiger partial charge in [0.05, 0.1) is 28.7 Å². The third-order valence-electron chi connectivity index (χ3n) is 6.98. The first-order valence-electron chi connectivity index (χ1n) is 12.2. The zero-order chi connectivity index (χ0) is 26.4. The number of benzene rings is 3. The Hall–Kier alpha value is -2.74. The molecule has 37 heavy (non-hydrogen) atoms. The summed E-state index contributed by atoms with van der Waals surface area (Å²) in [6.45, 7) is 2.72. The quantitative estimate of drug-likeness (QED) is 0.327. The SMILES string of the molecule is CC(OCc1ccc(Cl)c(Cl)c1)C(=O)C1C(NCc2ccccc2)NCCC1(C(=O)O)c1ccccc1. The van der Waals surface area contributed by atoms with Gasteiger partial charge < -0.3 is 15.2 Å². The summed E-state index contributed by atoms with van der Waals surface area (Å²) in [5.41, 5.74) is 0.984. The van der Waals surface area contributed by atoms with Gasteiger partial charge in [-0.2, -0.15) is 0 Å². The summed E-state index contributed by atoms with van der Waals surface area (Å²) in [6.07, 6.45) is -1.16. The number of carboxylic acid groups (broad SMARTS) is 1. The molecule has 0 aliphatic carbocycles. The van der Waals surface area contributed by atoms with E-state index in [0.717, 1.165) is 11.1 Å². The topological polar surface area (TPSA) is 87.7 Å². The first-order valence-corrected chi connectivity index (χ1v) is 13.0. The third-order valence-corrected chi connectivity index (χ3v) is 7.72. The molecule has 3 aromatic carbocycles. The largest absolute Gasteiger partial charge is 0.481 e. The van der Waals surface area contributed by atoms with Crippen molar-refractivity contribution in [3.05, 3.63) is 106 Å². The summed E-state index contributed by atoms with van der Waals surface area (Å²) in [7, 11) is 0. The Balaban J connectivity index is 1.64. The van der Waals surface area contributed by atoms with Gasteiger partial charge >= 0.3 is 5.97 Å². The summed E-state index contributed by atoms with van der Waals surface area (Å²) in [5, 5.41) is 18.2. The number of aliphatic carboxylic acids is 1. The smallest absolute Gasteiger partial charge is 0.315 e. The lowest BCUT2D eigenvalue weighted by atomic mass is 9.62. The van der Waals surface area contributed by atoms with Gasteiger partial charge in [-0.15, -0.1) is 0 Å². The van der Waals surface area contributed by atoms with Gasteiger partial charge in [-0.3, -0.25) is 14.9 Å². The highest BCUT2D eigenvalue weighted by Gasteiger charge is 2.56. The number of carboxylic acids is 1. The minimum absolute atomic E-state index is 0.136. The molecule has 0 radical (unpaired) electrons. The Kier molecular flexibility index (Phi) is 9.00. The Labute approximate surface area is 226 Å². The number of nitrogens with one attached hydrogen (secondary N) is 2. The number of carbonyl (C=O) groups excluding carboxylic acids is 1. The van der Waals surface area contributed by atoms with Gasteiger partial charge in [0.2, 0.25) is 0 Å². The Morgan fingerprint density at radius 2 is 1.70 bits per heavy atom. The summed E-state index contributed by atoms with van der Waals surface area (Å²) in [6, 6.07) is 24.0. The van der Waals surface area contributed by atoms with Crippen molar-refractivity contribution in [3.8, 4) is 0 Å². The molecular weight excluding hydrogens is 511 g/mol.